The van der Waals surface area contributed by atoms with Crippen molar-refractivity contribution in [3.8, 4) is 0 Å². The van der Waals surface area contributed by atoms with Crippen LogP contribution in [0.15, 0.2) is 6.20 Å². The molecule has 0 aliphatic carbocycles. The summed E-state index contributed by atoms with van der Waals surface area (Å²) in [5.41, 5.74) is 2.23. The Labute approximate surface area is 122 Å². The number of carbonyl (C=O) groups is 1. The Hall–Kier alpha value is -1.36. The van der Waals surface area contributed by atoms with Gasteiger partial charge in [-0.05, 0) is 13.3 Å². The molecule has 20 heavy (non-hydrogen) atoms. The maximum absolute atomic E-state index is 11.8. The van der Waals surface area contributed by atoms with Gasteiger partial charge in [0.25, 0.3) is 0 Å². The smallest absolute Gasteiger partial charge is 0.236 e. The molecule has 0 bridgehead atoms. The Morgan fingerprint density at radius 2 is 2.10 bits per heavy atom. The molecule has 1 atom stereocenters. The lowest BCUT2D eigenvalue weighted by Crippen LogP contribution is -2.42. The lowest BCUT2D eigenvalue weighted by Gasteiger charge is -2.19. The summed E-state index contributed by atoms with van der Waals surface area (Å²) >= 11 is 0. The molecule has 5 heteroatoms. The van der Waals surface area contributed by atoms with Crippen LogP contribution in [0.1, 0.15) is 52.3 Å². The first kappa shape index (κ1) is 16.7. The second kappa shape index (κ2) is 6.88. The first-order chi connectivity index (χ1) is 9.25. The van der Waals surface area contributed by atoms with Crippen molar-refractivity contribution in [1.82, 2.24) is 20.4 Å². The number of aromatic nitrogens is 2. The van der Waals surface area contributed by atoms with E-state index in [4.69, 9.17) is 0 Å². The zero-order valence-corrected chi connectivity index (χ0v) is 13.6. The van der Waals surface area contributed by atoms with E-state index in [0.717, 1.165) is 24.2 Å². The summed E-state index contributed by atoms with van der Waals surface area (Å²) in [7, 11) is 1.93. The minimum Gasteiger partial charge on any atom is -0.355 e. The Morgan fingerprint density at radius 3 is 2.65 bits per heavy atom. The zero-order valence-electron chi connectivity index (χ0n) is 13.6. The Morgan fingerprint density at radius 1 is 1.45 bits per heavy atom. The van der Waals surface area contributed by atoms with Gasteiger partial charge < -0.3 is 10.6 Å². The number of nitrogens with zero attached hydrogens (tertiary/aromatic N) is 2. The molecule has 1 aromatic heterocycles. The van der Waals surface area contributed by atoms with Crippen molar-refractivity contribution >= 4 is 5.91 Å². The maximum Gasteiger partial charge on any atom is 0.236 e. The van der Waals surface area contributed by atoms with Crippen molar-refractivity contribution in [2.45, 2.75) is 59.0 Å². The van der Waals surface area contributed by atoms with Crippen LogP contribution >= 0.6 is 0 Å². The monoisotopic (exact) mass is 280 g/mol. The van der Waals surface area contributed by atoms with E-state index < -0.39 is 0 Å². The molecule has 1 rings (SSSR count). The van der Waals surface area contributed by atoms with Crippen LogP contribution in [0.5, 0.6) is 0 Å². The molecule has 1 amide bonds. The van der Waals surface area contributed by atoms with E-state index in [1.54, 1.807) is 0 Å². The standard InChI is InChI=1S/C15H28N4O/c1-7-8-16-14(20)11(2)17-9-12-10-19(6)18-13(12)15(3,4)5/h10-11,17H,7-9H2,1-6H3,(H,16,20). The summed E-state index contributed by atoms with van der Waals surface area (Å²) in [6.07, 6.45) is 2.97. The van der Waals surface area contributed by atoms with Gasteiger partial charge in [-0.25, -0.2) is 0 Å². The molecule has 0 fully saturated rings. The molecule has 1 heterocycles. The quantitative estimate of drug-likeness (QED) is 0.834. The van der Waals surface area contributed by atoms with Crippen LogP contribution in [0.4, 0.5) is 0 Å². The van der Waals surface area contributed by atoms with E-state index in [9.17, 15) is 4.79 Å². The minimum atomic E-state index is -0.199. The number of hydrogen-bond donors (Lipinski definition) is 2. The number of rotatable bonds is 6. The molecule has 0 aromatic carbocycles. The van der Waals surface area contributed by atoms with Crippen LogP contribution in [0, 0.1) is 0 Å². The molecule has 0 aliphatic rings. The van der Waals surface area contributed by atoms with Crippen molar-refractivity contribution < 1.29 is 4.79 Å². The SMILES string of the molecule is CCCNC(=O)C(C)NCc1cn(C)nc1C(C)(C)C. The third-order valence-corrected chi connectivity index (χ3v) is 3.16. The largest absolute Gasteiger partial charge is 0.355 e. The van der Waals surface area contributed by atoms with Crippen LogP contribution in [0.3, 0.4) is 0 Å². The highest BCUT2D eigenvalue weighted by molar-refractivity contribution is 5.81. The van der Waals surface area contributed by atoms with E-state index in [1.165, 1.54) is 0 Å². The summed E-state index contributed by atoms with van der Waals surface area (Å²) in [4.78, 5) is 11.8. The van der Waals surface area contributed by atoms with Crippen molar-refractivity contribution in [2.75, 3.05) is 6.54 Å². The number of carbonyl (C=O) groups excluding carboxylic acids is 1. The Kier molecular flexibility index (Phi) is 5.74. The molecular formula is C15H28N4O. The third-order valence-electron chi connectivity index (χ3n) is 3.16. The van der Waals surface area contributed by atoms with Crippen molar-refractivity contribution in [1.29, 1.82) is 0 Å². The average Bonchev–Trinajstić information content (AvgIpc) is 2.74. The normalized spacial score (nSPS) is 13.3. The van der Waals surface area contributed by atoms with Crippen molar-refractivity contribution in [2.24, 2.45) is 7.05 Å². The fourth-order valence-electron chi connectivity index (χ4n) is 2.06. The molecule has 0 saturated carbocycles. The van der Waals surface area contributed by atoms with E-state index in [-0.39, 0.29) is 17.4 Å². The average molecular weight is 280 g/mol. The van der Waals surface area contributed by atoms with Gasteiger partial charge in [0.1, 0.15) is 0 Å². The molecule has 0 radical (unpaired) electrons. The van der Waals surface area contributed by atoms with E-state index in [2.05, 4.69) is 36.5 Å². The lowest BCUT2D eigenvalue weighted by molar-refractivity contribution is -0.122. The number of nitrogens with one attached hydrogen (secondary N) is 2. The molecular weight excluding hydrogens is 252 g/mol. The van der Waals surface area contributed by atoms with Crippen molar-refractivity contribution in [3.63, 3.8) is 0 Å². The second-order valence-electron chi connectivity index (χ2n) is 6.32. The van der Waals surface area contributed by atoms with Gasteiger partial charge in [-0.15, -0.1) is 0 Å². The molecule has 114 valence electrons. The first-order valence-electron chi connectivity index (χ1n) is 7.29. The zero-order chi connectivity index (χ0) is 15.3. The van der Waals surface area contributed by atoms with Crippen molar-refractivity contribution in [3.05, 3.63) is 17.5 Å². The summed E-state index contributed by atoms with van der Waals surface area (Å²) < 4.78 is 1.83. The predicted molar refractivity (Wildman–Crippen MR) is 81.5 cm³/mol. The van der Waals surface area contributed by atoms with Gasteiger partial charge in [0.05, 0.1) is 11.7 Å². The summed E-state index contributed by atoms with van der Waals surface area (Å²) in [6, 6.07) is -0.199. The molecule has 0 saturated heterocycles. The van der Waals surface area contributed by atoms with Gasteiger partial charge in [-0.2, -0.15) is 5.10 Å². The van der Waals surface area contributed by atoms with Crippen LogP contribution in [0.25, 0.3) is 0 Å². The van der Waals surface area contributed by atoms with Gasteiger partial charge in [-0.3, -0.25) is 9.48 Å². The summed E-state index contributed by atoms with van der Waals surface area (Å²) in [5.74, 6) is 0.0491. The fraction of sp³-hybridized carbons (Fsp3) is 0.733. The van der Waals surface area contributed by atoms with E-state index in [0.29, 0.717) is 6.54 Å². The highest BCUT2D eigenvalue weighted by atomic mass is 16.2. The van der Waals surface area contributed by atoms with Gasteiger partial charge in [0.15, 0.2) is 0 Å². The van der Waals surface area contributed by atoms with Crippen LogP contribution in [-0.4, -0.2) is 28.3 Å². The van der Waals surface area contributed by atoms with Gasteiger partial charge in [-0.1, -0.05) is 27.7 Å². The Balaban J connectivity index is 2.64. The molecule has 0 aliphatic heterocycles. The molecule has 1 unspecified atom stereocenters. The Bertz CT molecular complexity index is 445. The molecule has 1 aromatic rings. The van der Waals surface area contributed by atoms with E-state index >= 15 is 0 Å². The lowest BCUT2D eigenvalue weighted by atomic mass is 9.89. The highest BCUT2D eigenvalue weighted by Crippen LogP contribution is 2.23. The summed E-state index contributed by atoms with van der Waals surface area (Å²) in [5, 5.41) is 10.7. The third kappa shape index (κ3) is 4.63. The summed E-state index contributed by atoms with van der Waals surface area (Å²) in [6.45, 7) is 11.8. The van der Waals surface area contributed by atoms with Crippen LogP contribution < -0.4 is 10.6 Å². The van der Waals surface area contributed by atoms with Gasteiger partial charge in [0.2, 0.25) is 5.91 Å². The number of amides is 1. The van der Waals surface area contributed by atoms with Gasteiger partial charge >= 0.3 is 0 Å². The second-order valence-corrected chi connectivity index (χ2v) is 6.32. The number of hydrogen-bond acceptors (Lipinski definition) is 3. The topological polar surface area (TPSA) is 59.0 Å². The van der Waals surface area contributed by atoms with Crippen LogP contribution in [-0.2, 0) is 23.8 Å². The minimum absolute atomic E-state index is 0.00593. The fourth-order valence-corrected chi connectivity index (χ4v) is 2.06. The van der Waals surface area contributed by atoms with Crippen LogP contribution in [0.2, 0.25) is 0 Å². The van der Waals surface area contributed by atoms with E-state index in [1.807, 2.05) is 31.8 Å². The highest BCUT2D eigenvalue weighted by Gasteiger charge is 2.22. The number of aryl methyl sites for hydroxylation is 1. The maximum atomic E-state index is 11.8. The first-order valence-corrected chi connectivity index (χ1v) is 7.29. The molecule has 5 nitrogen and oxygen atoms in total. The predicted octanol–water partition coefficient (Wildman–Crippen LogP) is 1.72. The van der Waals surface area contributed by atoms with Gasteiger partial charge in [0, 0.05) is 37.3 Å². The molecule has 2 N–H and O–H groups in total. The molecule has 0 spiro atoms.